The summed E-state index contributed by atoms with van der Waals surface area (Å²) in [5.74, 6) is -2.96. The molecule has 11 nitrogen and oxygen atoms in total. The first-order chi connectivity index (χ1) is 12.7. The number of ether oxygens (including phenoxy) is 4. The van der Waals surface area contributed by atoms with Gasteiger partial charge < -0.3 is 24.1 Å². The lowest BCUT2D eigenvalue weighted by Gasteiger charge is -2.42. The quantitative estimate of drug-likeness (QED) is 0.244. The van der Waals surface area contributed by atoms with E-state index in [1.807, 2.05) is 0 Å². The van der Waals surface area contributed by atoms with Crippen molar-refractivity contribution in [2.45, 2.75) is 57.0 Å². The number of carbonyl (C=O) groups excluding carboxylic acids is 3. The molecule has 1 aliphatic rings. The molecule has 0 saturated carbocycles. The lowest BCUT2D eigenvalue weighted by molar-refractivity contribution is -0.288. The minimum atomic E-state index is -6.25. The third-order valence-electron chi connectivity index (χ3n) is 3.19. The first-order valence-electron chi connectivity index (χ1n) is 7.46. The Morgan fingerprint density at radius 3 is 1.89 bits per heavy atom. The van der Waals surface area contributed by atoms with E-state index in [0.717, 1.165) is 20.8 Å². The normalized spacial score (nSPS) is 28.3. The molecule has 1 heterocycles. The summed E-state index contributed by atoms with van der Waals surface area (Å²) in [7, 11) is -6.25. The van der Waals surface area contributed by atoms with Crippen LogP contribution in [0.2, 0.25) is 0 Å². The molecular formula is C13H17F3O11S. The van der Waals surface area contributed by atoms with Crippen LogP contribution < -0.4 is 0 Å². The Morgan fingerprint density at radius 1 is 0.964 bits per heavy atom. The van der Waals surface area contributed by atoms with Crippen molar-refractivity contribution in [1.29, 1.82) is 0 Å². The highest BCUT2D eigenvalue weighted by Gasteiger charge is 2.56. The Morgan fingerprint density at radius 2 is 1.46 bits per heavy atom. The number of halogens is 3. The molecule has 1 N–H and O–H groups in total. The maximum atomic E-state index is 12.6. The molecule has 1 rings (SSSR count). The zero-order valence-electron chi connectivity index (χ0n) is 14.7. The molecule has 1 aliphatic heterocycles. The van der Waals surface area contributed by atoms with Gasteiger partial charge in [0.05, 0.1) is 0 Å². The fourth-order valence-electron chi connectivity index (χ4n) is 2.19. The highest BCUT2D eigenvalue weighted by molar-refractivity contribution is 7.87. The van der Waals surface area contributed by atoms with Gasteiger partial charge in [-0.05, 0) is 0 Å². The third kappa shape index (κ3) is 6.29. The lowest BCUT2D eigenvalue weighted by Crippen LogP contribution is -2.62. The highest BCUT2D eigenvalue weighted by Crippen LogP contribution is 2.33. The summed E-state index contributed by atoms with van der Waals surface area (Å²) in [6.45, 7) is 2.05. The number of aliphatic hydroxyl groups excluding tert-OH is 1. The highest BCUT2D eigenvalue weighted by atomic mass is 32.2. The molecule has 28 heavy (non-hydrogen) atoms. The number of esters is 3. The van der Waals surface area contributed by atoms with Crippen molar-refractivity contribution < 1.29 is 64.2 Å². The van der Waals surface area contributed by atoms with Crippen LogP contribution >= 0.6 is 0 Å². The zero-order valence-corrected chi connectivity index (χ0v) is 15.5. The minimum Gasteiger partial charge on any atom is -0.463 e. The van der Waals surface area contributed by atoms with E-state index in [1.54, 1.807) is 0 Å². The second kappa shape index (κ2) is 9.02. The van der Waals surface area contributed by atoms with Crippen LogP contribution in [0, 0.1) is 0 Å². The van der Waals surface area contributed by atoms with Gasteiger partial charge >= 0.3 is 33.5 Å². The summed E-state index contributed by atoms with van der Waals surface area (Å²) in [6, 6.07) is 0. The Balaban J connectivity index is 3.29. The van der Waals surface area contributed by atoms with Gasteiger partial charge in [0, 0.05) is 20.8 Å². The molecule has 1 saturated heterocycles. The summed E-state index contributed by atoms with van der Waals surface area (Å²) in [5.41, 5.74) is -5.86. The zero-order chi connectivity index (χ0) is 21.9. The number of carbonyl (C=O) groups is 3. The van der Waals surface area contributed by atoms with E-state index in [9.17, 15) is 41.1 Å². The van der Waals surface area contributed by atoms with Crippen LogP contribution in [0.15, 0.2) is 0 Å². The molecule has 0 aromatic rings. The van der Waals surface area contributed by atoms with Crippen molar-refractivity contribution in [3.05, 3.63) is 0 Å². The van der Waals surface area contributed by atoms with E-state index in [2.05, 4.69) is 8.92 Å². The molecule has 0 aromatic carbocycles. The maximum Gasteiger partial charge on any atom is 0.523 e. The molecule has 2 unspecified atom stereocenters. The van der Waals surface area contributed by atoms with Gasteiger partial charge in [-0.15, -0.1) is 0 Å². The summed E-state index contributed by atoms with van der Waals surface area (Å²) in [6.07, 6.45) is -10.1. The van der Waals surface area contributed by atoms with E-state index in [-0.39, 0.29) is 0 Å². The number of alkyl halides is 3. The van der Waals surface area contributed by atoms with Crippen LogP contribution in [0.25, 0.3) is 0 Å². The van der Waals surface area contributed by atoms with Gasteiger partial charge in [0.15, 0.2) is 24.6 Å². The van der Waals surface area contributed by atoms with Crippen molar-refractivity contribution in [3.8, 4) is 0 Å². The summed E-state index contributed by atoms with van der Waals surface area (Å²) in [4.78, 5) is 33.6. The maximum absolute atomic E-state index is 12.6. The van der Waals surface area contributed by atoms with Crippen LogP contribution in [0.5, 0.6) is 0 Å². The average Bonchev–Trinajstić information content (AvgIpc) is 2.49. The molecule has 0 bridgehead atoms. The number of hydrogen-bond donors (Lipinski definition) is 1. The molecular weight excluding hydrogens is 421 g/mol. The second-order valence-corrected chi connectivity index (χ2v) is 7.04. The molecule has 1 fully saturated rings. The van der Waals surface area contributed by atoms with E-state index >= 15 is 0 Å². The lowest BCUT2D eigenvalue weighted by atomic mass is 9.98. The molecule has 162 valence electrons. The smallest absolute Gasteiger partial charge is 0.463 e. The topological polar surface area (TPSA) is 152 Å². The van der Waals surface area contributed by atoms with Crippen LogP contribution in [-0.4, -0.2) is 74.3 Å². The SMILES string of the molecule is CC(=O)OCC1O[C@@H](O)C(OS(=O)(=O)C(F)(F)F)[C@@H](OC(C)=O)[C@H]1OC(C)=O. The standard InChI is InChI=1S/C13H17F3O11S/c1-5(17)23-4-8-9(24-6(2)18)10(25-7(3)19)11(12(20)26-8)27-28(21,22)13(14,15)16/h8-12,20H,4H2,1-3H3/t8?,9-,10-,11?,12+/m0/s1. The predicted molar refractivity (Wildman–Crippen MR) is 78.5 cm³/mol. The molecule has 0 aromatic heterocycles. The largest absolute Gasteiger partial charge is 0.523 e. The minimum absolute atomic E-state index is 0.666. The van der Waals surface area contributed by atoms with Gasteiger partial charge in [-0.2, -0.15) is 21.6 Å². The van der Waals surface area contributed by atoms with Crippen LogP contribution in [-0.2, 0) is 47.6 Å². The van der Waals surface area contributed by atoms with Gasteiger partial charge in [0.25, 0.3) is 0 Å². The van der Waals surface area contributed by atoms with Gasteiger partial charge in [0.2, 0.25) is 0 Å². The summed E-state index contributed by atoms with van der Waals surface area (Å²) in [5, 5.41) is 9.92. The Bertz CT molecular complexity index is 705. The molecule has 0 spiro atoms. The van der Waals surface area contributed by atoms with E-state index in [4.69, 9.17) is 14.2 Å². The van der Waals surface area contributed by atoms with Crippen molar-refractivity contribution in [1.82, 2.24) is 0 Å². The molecule has 5 atom stereocenters. The van der Waals surface area contributed by atoms with E-state index < -0.39 is 70.8 Å². The Hall–Kier alpha value is -1.97. The summed E-state index contributed by atoms with van der Waals surface area (Å²) >= 11 is 0. The number of aliphatic hydroxyl groups is 1. The Kier molecular flexibility index (Phi) is 7.75. The fraction of sp³-hybridized carbons (Fsp3) is 0.769. The van der Waals surface area contributed by atoms with Gasteiger partial charge in [-0.1, -0.05) is 0 Å². The van der Waals surface area contributed by atoms with Crippen LogP contribution in [0.1, 0.15) is 20.8 Å². The van der Waals surface area contributed by atoms with Crippen molar-refractivity contribution in [2.75, 3.05) is 6.61 Å². The molecule has 0 aliphatic carbocycles. The predicted octanol–water partition coefficient (Wildman–Crippen LogP) is -0.635. The molecule has 15 heteroatoms. The number of hydrogen-bond acceptors (Lipinski definition) is 11. The van der Waals surface area contributed by atoms with Crippen molar-refractivity contribution >= 4 is 28.0 Å². The second-order valence-electron chi connectivity index (χ2n) is 5.48. The average molecular weight is 438 g/mol. The number of rotatable bonds is 6. The first kappa shape index (κ1) is 24.1. The fourth-order valence-corrected chi connectivity index (χ4v) is 2.80. The molecule has 0 amide bonds. The van der Waals surface area contributed by atoms with Crippen LogP contribution in [0.4, 0.5) is 13.2 Å². The molecule has 0 radical (unpaired) electrons. The van der Waals surface area contributed by atoms with Gasteiger partial charge in [0.1, 0.15) is 12.7 Å². The Labute approximate surface area is 156 Å². The van der Waals surface area contributed by atoms with Gasteiger partial charge in [-0.3, -0.25) is 18.6 Å². The van der Waals surface area contributed by atoms with E-state index in [0.29, 0.717) is 0 Å². The van der Waals surface area contributed by atoms with Crippen molar-refractivity contribution in [2.24, 2.45) is 0 Å². The van der Waals surface area contributed by atoms with Crippen molar-refractivity contribution in [3.63, 3.8) is 0 Å². The summed E-state index contributed by atoms with van der Waals surface area (Å²) < 4.78 is 83.5. The monoisotopic (exact) mass is 438 g/mol. The third-order valence-corrected chi connectivity index (χ3v) is 4.23. The van der Waals surface area contributed by atoms with Crippen LogP contribution in [0.3, 0.4) is 0 Å². The van der Waals surface area contributed by atoms with Gasteiger partial charge in [-0.25, -0.2) is 0 Å². The first-order valence-corrected chi connectivity index (χ1v) is 8.87. The van der Waals surface area contributed by atoms with E-state index in [1.165, 1.54) is 0 Å².